The number of nitrogens with zero attached hydrogens (tertiary/aromatic N) is 5. The van der Waals surface area contributed by atoms with E-state index in [1.165, 1.54) is 19.3 Å². The molecule has 0 spiro atoms. The molecule has 0 radical (unpaired) electrons. The summed E-state index contributed by atoms with van der Waals surface area (Å²) in [7, 11) is 1.92. The monoisotopic (exact) mass is 357 g/mol. The molecule has 142 valence electrons. The Kier molecular flexibility index (Phi) is 5.79. The molecule has 0 unspecified atom stereocenters. The standard InChI is InChI=1S/C20H31N5O/c1-15(2)19-21-10-11-24(19)16(3)20(26)25(18-8-6-5-7-9-18)14-17-12-22-23(4)13-17/h10-13,15-16,18H,5-9,14H2,1-4H3/t16-/m1/s1. The third-order valence-electron chi connectivity index (χ3n) is 5.40. The summed E-state index contributed by atoms with van der Waals surface area (Å²) >= 11 is 0. The zero-order valence-corrected chi connectivity index (χ0v) is 16.4. The van der Waals surface area contributed by atoms with Crippen molar-refractivity contribution in [1.82, 2.24) is 24.2 Å². The van der Waals surface area contributed by atoms with E-state index in [0.29, 0.717) is 18.5 Å². The van der Waals surface area contributed by atoms with Crippen LogP contribution in [0.2, 0.25) is 0 Å². The van der Waals surface area contributed by atoms with Crippen LogP contribution in [0.15, 0.2) is 24.8 Å². The van der Waals surface area contributed by atoms with Crippen molar-refractivity contribution in [2.75, 3.05) is 0 Å². The first-order valence-electron chi connectivity index (χ1n) is 9.78. The maximum atomic E-state index is 13.5. The van der Waals surface area contributed by atoms with Crippen molar-refractivity contribution in [3.05, 3.63) is 36.2 Å². The highest BCUT2D eigenvalue weighted by Gasteiger charge is 2.30. The van der Waals surface area contributed by atoms with Gasteiger partial charge < -0.3 is 9.47 Å². The Hall–Kier alpha value is -2.11. The van der Waals surface area contributed by atoms with Crippen molar-refractivity contribution in [2.45, 2.75) is 77.4 Å². The maximum absolute atomic E-state index is 13.5. The van der Waals surface area contributed by atoms with Crippen LogP contribution in [0.25, 0.3) is 0 Å². The summed E-state index contributed by atoms with van der Waals surface area (Å²) in [6, 6.07) is 0.0819. The first-order chi connectivity index (χ1) is 12.5. The van der Waals surface area contributed by atoms with Gasteiger partial charge in [0.15, 0.2) is 0 Å². The van der Waals surface area contributed by atoms with Gasteiger partial charge in [0.05, 0.1) is 6.20 Å². The van der Waals surface area contributed by atoms with Crippen LogP contribution in [0.4, 0.5) is 0 Å². The van der Waals surface area contributed by atoms with Crippen LogP contribution in [0.3, 0.4) is 0 Å². The normalized spacial score (nSPS) is 16.8. The molecule has 0 aliphatic heterocycles. The summed E-state index contributed by atoms with van der Waals surface area (Å²) in [5.41, 5.74) is 1.09. The van der Waals surface area contributed by atoms with E-state index in [0.717, 1.165) is 24.2 Å². The summed E-state index contributed by atoms with van der Waals surface area (Å²) in [6.45, 7) is 6.86. The van der Waals surface area contributed by atoms with Crippen molar-refractivity contribution in [1.29, 1.82) is 0 Å². The first-order valence-corrected chi connectivity index (χ1v) is 9.78. The summed E-state index contributed by atoms with van der Waals surface area (Å²) in [5.74, 6) is 1.44. The number of aromatic nitrogens is 4. The van der Waals surface area contributed by atoms with Crippen molar-refractivity contribution in [3.63, 3.8) is 0 Å². The highest BCUT2D eigenvalue weighted by atomic mass is 16.2. The molecule has 6 heteroatoms. The van der Waals surface area contributed by atoms with Gasteiger partial charge in [-0.1, -0.05) is 33.1 Å². The highest BCUT2D eigenvalue weighted by molar-refractivity contribution is 5.80. The number of hydrogen-bond acceptors (Lipinski definition) is 3. The Bertz CT molecular complexity index is 726. The number of imidazole rings is 1. The molecule has 6 nitrogen and oxygen atoms in total. The second kappa shape index (κ2) is 8.06. The van der Waals surface area contributed by atoms with Crippen LogP contribution in [0.5, 0.6) is 0 Å². The van der Waals surface area contributed by atoms with E-state index < -0.39 is 0 Å². The van der Waals surface area contributed by atoms with Gasteiger partial charge in [-0.2, -0.15) is 5.10 Å². The SMILES string of the molecule is CC(C)c1nccn1[C@H](C)C(=O)N(Cc1cnn(C)c1)C1CCCCC1. The number of rotatable bonds is 6. The van der Waals surface area contributed by atoms with Gasteiger partial charge in [-0.3, -0.25) is 9.48 Å². The van der Waals surface area contributed by atoms with Gasteiger partial charge in [0, 0.05) is 49.7 Å². The van der Waals surface area contributed by atoms with Crippen LogP contribution in [0, 0.1) is 0 Å². The molecule has 1 aliphatic rings. The van der Waals surface area contributed by atoms with E-state index >= 15 is 0 Å². The average molecular weight is 358 g/mol. The highest BCUT2D eigenvalue weighted by Crippen LogP contribution is 2.27. The molecule has 2 heterocycles. The molecule has 1 aliphatic carbocycles. The maximum Gasteiger partial charge on any atom is 0.245 e. The van der Waals surface area contributed by atoms with Crippen LogP contribution in [0.1, 0.15) is 76.2 Å². The summed E-state index contributed by atoms with van der Waals surface area (Å²) in [4.78, 5) is 20.0. The molecule has 1 saturated carbocycles. The number of amides is 1. The van der Waals surface area contributed by atoms with Crippen molar-refractivity contribution >= 4 is 5.91 Å². The molecular formula is C20H31N5O. The first kappa shape index (κ1) is 18.7. The van der Waals surface area contributed by atoms with Crippen LogP contribution >= 0.6 is 0 Å². The van der Waals surface area contributed by atoms with Crippen LogP contribution in [-0.2, 0) is 18.4 Å². The van der Waals surface area contributed by atoms with E-state index in [9.17, 15) is 4.79 Å². The van der Waals surface area contributed by atoms with E-state index in [2.05, 4.69) is 28.8 Å². The van der Waals surface area contributed by atoms with E-state index in [-0.39, 0.29) is 11.9 Å². The minimum atomic E-state index is -0.242. The molecule has 3 rings (SSSR count). The van der Waals surface area contributed by atoms with E-state index in [1.807, 2.05) is 37.1 Å². The third kappa shape index (κ3) is 4.00. The zero-order chi connectivity index (χ0) is 18.7. The fraction of sp³-hybridized carbons (Fsp3) is 0.650. The Morgan fingerprint density at radius 3 is 2.62 bits per heavy atom. The minimum absolute atomic E-state index is 0.181. The second-order valence-corrected chi connectivity index (χ2v) is 7.80. The molecular weight excluding hydrogens is 326 g/mol. The second-order valence-electron chi connectivity index (χ2n) is 7.80. The summed E-state index contributed by atoms with van der Waals surface area (Å²) in [5, 5.41) is 4.27. The molecule has 2 aromatic heterocycles. The lowest BCUT2D eigenvalue weighted by Gasteiger charge is -2.36. The van der Waals surface area contributed by atoms with Crippen molar-refractivity contribution < 1.29 is 4.79 Å². The molecule has 2 aromatic rings. The van der Waals surface area contributed by atoms with Crippen molar-refractivity contribution in [3.8, 4) is 0 Å². The Morgan fingerprint density at radius 1 is 1.27 bits per heavy atom. The lowest BCUT2D eigenvalue weighted by atomic mass is 9.93. The minimum Gasteiger partial charge on any atom is -0.333 e. The predicted molar refractivity (Wildman–Crippen MR) is 102 cm³/mol. The Labute approximate surface area is 156 Å². The smallest absolute Gasteiger partial charge is 0.245 e. The molecule has 0 bridgehead atoms. The Balaban J connectivity index is 1.84. The largest absolute Gasteiger partial charge is 0.333 e. The summed E-state index contributed by atoms with van der Waals surface area (Å²) in [6.07, 6.45) is 13.5. The van der Waals surface area contributed by atoms with Gasteiger partial charge in [-0.25, -0.2) is 4.98 Å². The van der Waals surface area contributed by atoms with Gasteiger partial charge in [-0.05, 0) is 19.8 Å². The lowest BCUT2D eigenvalue weighted by molar-refractivity contribution is -0.138. The Morgan fingerprint density at radius 2 is 2.00 bits per heavy atom. The number of carbonyl (C=O) groups excluding carboxylic acids is 1. The molecule has 26 heavy (non-hydrogen) atoms. The topological polar surface area (TPSA) is 56.0 Å². The van der Waals surface area contributed by atoms with Crippen molar-refractivity contribution in [2.24, 2.45) is 7.05 Å². The predicted octanol–water partition coefficient (Wildman–Crippen LogP) is 3.66. The average Bonchev–Trinajstić information content (AvgIpc) is 3.28. The van der Waals surface area contributed by atoms with Gasteiger partial charge in [-0.15, -0.1) is 0 Å². The van der Waals surface area contributed by atoms with Crippen LogP contribution in [-0.4, -0.2) is 36.2 Å². The number of aryl methyl sites for hydroxylation is 1. The van der Waals surface area contributed by atoms with Crippen LogP contribution < -0.4 is 0 Å². The number of hydrogen-bond donors (Lipinski definition) is 0. The molecule has 1 fully saturated rings. The fourth-order valence-electron chi connectivity index (χ4n) is 3.99. The van der Waals surface area contributed by atoms with Gasteiger partial charge in [0.25, 0.3) is 0 Å². The molecule has 1 atom stereocenters. The van der Waals surface area contributed by atoms with Gasteiger partial charge in [0.2, 0.25) is 5.91 Å². The third-order valence-corrected chi connectivity index (χ3v) is 5.40. The number of carbonyl (C=O) groups is 1. The molecule has 0 saturated heterocycles. The zero-order valence-electron chi connectivity index (χ0n) is 16.4. The van der Waals surface area contributed by atoms with E-state index in [1.54, 1.807) is 10.9 Å². The van der Waals surface area contributed by atoms with Gasteiger partial charge >= 0.3 is 0 Å². The molecule has 0 N–H and O–H groups in total. The lowest BCUT2D eigenvalue weighted by Crippen LogP contribution is -2.44. The molecule has 0 aromatic carbocycles. The van der Waals surface area contributed by atoms with E-state index in [4.69, 9.17) is 0 Å². The van der Waals surface area contributed by atoms with Gasteiger partial charge in [0.1, 0.15) is 11.9 Å². The fourth-order valence-corrected chi connectivity index (χ4v) is 3.99. The quantitative estimate of drug-likeness (QED) is 0.793. The molecule has 1 amide bonds. The summed E-state index contributed by atoms with van der Waals surface area (Å²) < 4.78 is 3.83.